The van der Waals surface area contributed by atoms with E-state index in [1.807, 2.05) is 36.6 Å². The zero-order valence-corrected chi connectivity index (χ0v) is 14.3. The van der Waals surface area contributed by atoms with Crippen LogP contribution in [-0.2, 0) is 0 Å². The molecule has 118 valence electrons. The summed E-state index contributed by atoms with van der Waals surface area (Å²) in [6, 6.07) is 12.7. The van der Waals surface area contributed by atoms with Gasteiger partial charge in [-0.25, -0.2) is 9.97 Å². The lowest BCUT2D eigenvalue weighted by molar-refractivity contribution is 0.479. The molecule has 0 amide bonds. The molecule has 0 unspecified atom stereocenters. The normalized spacial score (nSPS) is 17.8. The SMILES string of the molecule is CSc1nc(-c2ccccc2)c(C#N)c(N2CCCC[C@@H]2C)n1. The van der Waals surface area contributed by atoms with Gasteiger partial charge in [-0.15, -0.1) is 0 Å². The number of nitriles is 1. The predicted octanol–water partition coefficient (Wildman–Crippen LogP) is 4.12. The first kappa shape index (κ1) is 15.8. The van der Waals surface area contributed by atoms with E-state index < -0.39 is 0 Å². The molecule has 23 heavy (non-hydrogen) atoms. The molecule has 5 heteroatoms. The molecule has 0 N–H and O–H groups in total. The Balaban J connectivity index is 2.17. The van der Waals surface area contributed by atoms with Crippen LogP contribution in [0.25, 0.3) is 11.3 Å². The summed E-state index contributed by atoms with van der Waals surface area (Å²) in [5.41, 5.74) is 2.29. The van der Waals surface area contributed by atoms with Gasteiger partial charge in [-0.05, 0) is 32.4 Å². The Bertz CT molecular complexity index is 724. The minimum absolute atomic E-state index is 0.407. The summed E-state index contributed by atoms with van der Waals surface area (Å²) in [6.45, 7) is 3.16. The van der Waals surface area contributed by atoms with Crippen LogP contribution in [0.1, 0.15) is 31.7 Å². The number of aromatic nitrogens is 2. The van der Waals surface area contributed by atoms with Crippen molar-refractivity contribution in [2.24, 2.45) is 0 Å². The van der Waals surface area contributed by atoms with Crippen molar-refractivity contribution >= 4 is 17.6 Å². The lowest BCUT2D eigenvalue weighted by Gasteiger charge is -2.35. The number of nitrogens with zero attached hydrogens (tertiary/aromatic N) is 4. The maximum atomic E-state index is 9.78. The van der Waals surface area contributed by atoms with Gasteiger partial charge in [0.2, 0.25) is 0 Å². The van der Waals surface area contributed by atoms with Gasteiger partial charge in [0.25, 0.3) is 0 Å². The van der Waals surface area contributed by atoms with Gasteiger partial charge in [0.1, 0.15) is 11.6 Å². The molecule has 1 fully saturated rings. The van der Waals surface area contributed by atoms with Crippen LogP contribution in [0.2, 0.25) is 0 Å². The molecule has 1 aliphatic rings. The molecule has 1 atom stereocenters. The fraction of sp³-hybridized carbons (Fsp3) is 0.389. The minimum atomic E-state index is 0.407. The van der Waals surface area contributed by atoms with Crippen LogP contribution < -0.4 is 4.90 Å². The quantitative estimate of drug-likeness (QED) is 0.628. The monoisotopic (exact) mass is 324 g/mol. The third-order valence-electron chi connectivity index (χ3n) is 4.29. The second-order valence-electron chi connectivity index (χ2n) is 5.77. The zero-order valence-electron chi connectivity index (χ0n) is 13.5. The third-order valence-corrected chi connectivity index (χ3v) is 4.83. The molecule has 1 aliphatic heterocycles. The van der Waals surface area contributed by atoms with E-state index in [9.17, 15) is 5.26 Å². The van der Waals surface area contributed by atoms with Gasteiger partial charge in [-0.2, -0.15) is 5.26 Å². The first-order chi connectivity index (χ1) is 11.2. The Hall–Kier alpha value is -2.06. The second-order valence-corrected chi connectivity index (χ2v) is 6.55. The van der Waals surface area contributed by atoms with Crippen LogP contribution >= 0.6 is 11.8 Å². The molecule has 0 saturated carbocycles. The van der Waals surface area contributed by atoms with Gasteiger partial charge in [0.05, 0.1) is 5.69 Å². The summed E-state index contributed by atoms with van der Waals surface area (Å²) < 4.78 is 0. The summed E-state index contributed by atoms with van der Waals surface area (Å²) in [7, 11) is 0. The highest BCUT2D eigenvalue weighted by atomic mass is 32.2. The van der Waals surface area contributed by atoms with E-state index in [4.69, 9.17) is 0 Å². The van der Waals surface area contributed by atoms with E-state index in [-0.39, 0.29) is 0 Å². The van der Waals surface area contributed by atoms with Gasteiger partial charge in [-0.1, -0.05) is 42.1 Å². The Morgan fingerprint density at radius 3 is 2.65 bits per heavy atom. The highest BCUT2D eigenvalue weighted by Gasteiger charge is 2.25. The van der Waals surface area contributed by atoms with Crippen molar-refractivity contribution in [2.45, 2.75) is 37.4 Å². The molecule has 2 aromatic rings. The first-order valence-electron chi connectivity index (χ1n) is 7.92. The number of piperidine rings is 1. The van der Waals surface area contributed by atoms with Gasteiger partial charge in [0.15, 0.2) is 11.0 Å². The average Bonchev–Trinajstić information content (AvgIpc) is 2.61. The van der Waals surface area contributed by atoms with Crippen molar-refractivity contribution in [3.8, 4) is 17.3 Å². The molecule has 4 nitrogen and oxygen atoms in total. The van der Waals surface area contributed by atoms with Gasteiger partial charge >= 0.3 is 0 Å². The van der Waals surface area contributed by atoms with Crippen LogP contribution in [0.15, 0.2) is 35.5 Å². The number of benzene rings is 1. The van der Waals surface area contributed by atoms with Crippen LogP contribution in [0.4, 0.5) is 5.82 Å². The number of rotatable bonds is 3. The van der Waals surface area contributed by atoms with E-state index >= 15 is 0 Å². The van der Waals surface area contributed by atoms with Crippen LogP contribution in [-0.4, -0.2) is 28.8 Å². The van der Waals surface area contributed by atoms with E-state index in [0.29, 0.717) is 11.6 Å². The minimum Gasteiger partial charge on any atom is -0.353 e. The van der Waals surface area contributed by atoms with Gasteiger partial charge < -0.3 is 4.90 Å². The van der Waals surface area contributed by atoms with Gasteiger partial charge in [0, 0.05) is 18.2 Å². The van der Waals surface area contributed by atoms with Crippen molar-refractivity contribution in [1.82, 2.24) is 9.97 Å². The Morgan fingerprint density at radius 1 is 1.22 bits per heavy atom. The summed E-state index contributed by atoms with van der Waals surface area (Å²) in [6.07, 6.45) is 5.50. The lowest BCUT2D eigenvalue weighted by Crippen LogP contribution is -2.38. The van der Waals surface area contributed by atoms with Crippen molar-refractivity contribution in [3.63, 3.8) is 0 Å². The fourth-order valence-corrected chi connectivity index (χ4v) is 3.41. The molecule has 0 bridgehead atoms. The maximum absolute atomic E-state index is 9.78. The lowest BCUT2D eigenvalue weighted by atomic mass is 10.0. The van der Waals surface area contributed by atoms with E-state index in [0.717, 1.165) is 41.6 Å². The Labute approximate surface area is 141 Å². The topological polar surface area (TPSA) is 52.8 Å². The highest BCUT2D eigenvalue weighted by Crippen LogP contribution is 2.33. The largest absolute Gasteiger partial charge is 0.353 e. The molecular weight excluding hydrogens is 304 g/mol. The van der Waals surface area contributed by atoms with Crippen LogP contribution in [0.3, 0.4) is 0 Å². The van der Waals surface area contributed by atoms with Crippen molar-refractivity contribution in [1.29, 1.82) is 5.26 Å². The van der Waals surface area contributed by atoms with Crippen molar-refractivity contribution in [2.75, 3.05) is 17.7 Å². The standard InChI is InChI=1S/C18H20N4S/c1-13-8-6-7-11-22(13)17-15(12-19)16(20-18(21-17)23-2)14-9-4-3-5-10-14/h3-5,9-10,13H,6-8,11H2,1-2H3/t13-/m0/s1. The molecule has 0 radical (unpaired) electrons. The maximum Gasteiger partial charge on any atom is 0.189 e. The fourth-order valence-electron chi connectivity index (χ4n) is 3.05. The smallest absolute Gasteiger partial charge is 0.189 e. The number of hydrogen-bond acceptors (Lipinski definition) is 5. The summed E-state index contributed by atoms with van der Waals surface area (Å²) in [5, 5.41) is 10.5. The summed E-state index contributed by atoms with van der Waals surface area (Å²) in [4.78, 5) is 11.6. The molecule has 0 spiro atoms. The highest BCUT2D eigenvalue weighted by molar-refractivity contribution is 7.98. The molecule has 0 aliphatic carbocycles. The Morgan fingerprint density at radius 2 is 2.00 bits per heavy atom. The third kappa shape index (κ3) is 3.18. The second kappa shape index (κ2) is 7.01. The molecule has 1 saturated heterocycles. The first-order valence-corrected chi connectivity index (χ1v) is 9.15. The van der Waals surface area contributed by atoms with Crippen LogP contribution in [0, 0.1) is 11.3 Å². The molecule has 2 heterocycles. The average molecular weight is 324 g/mol. The van der Waals surface area contributed by atoms with E-state index in [1.165, 1.54) is 18.2 Å². The predicted molar refractivity (Wildman–Crippen MR) is 94.6 cm³/mol. The number of anilines is 1. The molecule has 3 rings (SSSR count). The molecule has 1 aromatic heterocycles. The number of hydrogen-bond donors (Lipinski definition) is 0. The summed E-state index contributed by atoms with van der Waals surface area (Å²) in [5.74, 6) is 0.790. The van der Waals surface area contributed by atoms with Crippen molar-refractivity contribution < 1.29 is 0 Å². The van der Waals surface area contributed by atoms with E-state index in [2.05, 4.69) is 27.9 Å². The zero-order chi connectivity index (χ0) is 16.2. The van der Waals surface area contributed by atoms with Crippen molar-refractivity contribution in [3.05, 3.63) is 35.9 Å². The Kier molecular flexibility index (Phi) is 4.82. The van der Waals surface area contributed by atoms with Gasteiger partial charge in [-0.3, -0.25) is 0 Å². The molecular formula is C18H20N4S. The number of thioether (sulfide) groups is 1. The van der Waals surface area contributed by atoms with E-state index in [1.54, 1.807) is 0 Å². The summed E-state index contributed by atoms with van der Waals surface area (Å²) >= 11 is 1.52. The molecule has 1 aromatic carbocycles. The van der Waals surface area contributed by atoms with Crippen LogP contribution in [0.5, 0.6) is 0 Å².